The van der Waals surface area contributed by atoms with Crippen molar-refractivity contribution >= 4 is 39.0 Å². The van der Waals surface area contributed by atoms with Gasteiger partial charge in [0.25, 0.3) is 5.91 Å². The fourth-order valence-electron chi connectivity index (χ4n) is 3.91. The van der Waals surface area contributed by atoms with E-state index in [-0.39, 0.29) is 60.2 Å². The number of nitrogens with zero attached hydrogens (tertiary/aromatic N) is 5. The Kier molecular flexibility index (Phi) is 6.80. The molecule has 3 heterocycles. The van der Waals surface area contributed by atoms with Gasteiger partial charge in [-0.15, -0.1) is 10.2 Å². The second-order valence-corrected chi connectivity index (χ2v) is 10.7. The molecule has 0 radical (unpaired) electrons. The lowest BCUT2D eigenvalue weighted by Crippen LogP contribution is -2.45. The van der Waals surface area contributed by atoms with Crippen LogP contribution in [0.2, 0.25) is 5.02 Å². The van der Waals surface area contributed by atoms with Crippen molar-refractivity contribution in [1.29, 1.82) is 0 Å². The van der Waals surface area contributed by atoms with Crippen LogP contribution in [0, 0.1) is 0 Å². The van der Waals surface area contributed by atoms with E-state index >= 15 is 0 Å². The van der Waals surface area contributed by atoms with E-state index in [0.29, 0.717) is 30.0 Å². The zero-order valence-electron chi connectivity index (χ0n) is 18.1. The predicted molar refractivity (Wildman–Crippen MR) is 121 cm³/mol. The molecule has 2 aliphatic heterocycles. The minimum atomic E-state index is -3.19. The molecule has 0 spiro atoms. The number of aromatic nitrogens is 2. The number of hydrazone groups is 1. The molecule has 2 amide bonds. The van der Waals surface area contributed by atoms with E-state index < -0.39 is 15.9 Å². The number of hydrogen-bond donors (Lipinski definition) is 0. The number of halogens is 1. The second-order valence-electron chi connectivity index (χ2n) is 8.05. The lowest BCUT2D eigenvalue weighted by Gasteiger charge is -2.29. The van der Waals surface area contributed by atoms with Gasteiger partial charge < -0.3 is 9.32 Å². The summed E-state index contributed by atoms with van der Waals surface area (Å²) in [6.45, 7) is 2.44. The van der Waals surface area contributed by atoms with Gasteiger partial charge in [-0.1, -0.05) is 30.7 Å². The number of sulfone groups is 1. The first-order chi connectivity index (χ1) is 15.8. The zero-order chi connectivity index (χ0) is 23.6. The smallest absolute Gasteiger partial charge is 0.270 e. The van der Waals surface area contributed by atoms with Crippen LogP contribution in [0.1, 0.15) is 38.5 Å². The topological polar surface area (TPSA) is 126 Å². The van der Waals surface area contributed by atoms with Gasteiger partial charge in [0.15, 0.2) is 9.84 Å². The monoisotopic (exact) mass is 493 g/mol. The lowest BCUT2D eigenvalue weighted by atomic mass is 10.1. The standard InChI is InChI=1S/C21H24ClN5O5S/c1-2-10-26(12-18-23-24-20(32-18)15-5-3-4-6-16(15)22)21(29)17-7-8-19(28)27(25-17)14-9-11-33(30,31)13-14/h3-6,14H,2,7-13H2,1H3. The van der Waals surface area contributed by atoms with Crippen LogP contribution in [0.15, 0.2) is 33.8 Å². The first kappa shape index (κ1) is 23.4. The number of carbonyl (C=O) groups excluding carboxylic acids is 2. The Bertz CT molecular complexity index is 1200. The molecule has 1 aromatic carbocycles. The van der Waals surface area contributed by atoms with Crippen LogP contribution >= 0.6 is 11.6 Å². The van der Waals surface area contributed by atoms with E-state index in [1.165, 1.54) is 5.01 Å². The molecule has 4 rings (SSSR count). The first-order valence-electron chi connectivity index (χ1n) is 10.7. The third-order valence-electron chi connectivity index (χ3n) is 5.54. The molecule has 0 bridgehead atoms. The van der Waals surface area contributed by atoms with Gasteiger partial charge in [-0.2, -0.15) is 5.10 Å². The van der Waals surface area contributed by atoms with Gasteiger partial charge in [-0.25, -0.2) is 13.4 Å². The van der Waals surface area contributed by atoms with Crippen molar-refractivity contribution in [3.05, 3.63) is 35.2 Å². The Morgan fingerprint density at radius 2 is 2.06 bits per heavy atom. The molecule has 10 nitrogen and oxygen atoms in total. The summed E-state index contributed by atoms with van der Waals surface area (Å²) in [5.74, 6) is -0.209. The predicted octanol–water partition coefficient (Wildman–Crippen LogP) is 2.29. The molecular formula is C21H24ClN5O5S. The van der Waals surface area contributed by atoms with Crippen LogP contribution in [0.3, 0.4) is 0 Å². The Morgan fingerprint density at radius 3 is 2.76 bits per heavy atom. The van der Waals surface area contributed by atoms with Gasteiger partial charge in [-0.05, 0) is 25.0 Å². The summed E-state index contributed by atoms with van der Waals surface area (Å²) in [6, 6.07) is 6.56. The van der Waals surface area contributed by atoms with E-state index in [9.17, 15) is 18.0 Å². The highest BCUT2D eigenvalue weighted by atomic mass is 35.5. The molecule has 1 fully saturated rings. The van der Waals surface area contributed by atoms with Crippen LogP contribution in [-0.4, -0.2) is 70.1 Å². The maximum absolute atomic E-state index is 13.2. The minimum Gasteiger partial charge on any atom is -0.419 e. The third-order valence-corrected chi connectivity index (χ3v) is 7.62. The molecule has 1 unspecified atom stereocenters. The fraction of sp³-hybridized carbons (Fsp3) is 0.476. The van der Waals surface area contributed by atoms with Crippen LogP contribution in [-0.2, 0) is 26.0 Å². The second kappa shape index (κ2) is 9.60. The van der Waals surface area contributed by atoms with Crippen LogP contribution in [0.25, 0.3) is 11.5 Å². The molecule has 33 heavy (non-hydrogen) atoms. The number of carbonyl (C=O) groups is 2. The molecule has 0 N–H and O–H groups in total. The number of amides is 2. The minimum absolute atomic E-state index is 0.0210. The summed E-state index contributed by atoms with van der Waals surface area (Å²) >= 11 is 6.19. The molecule has 1 atom stereocenters. The number of hydrogen-bond acceptors (Lipinski definition) is 8. The Balaban J connectivity index is 1.52. The van der Waals surface area contributed by atoms with Crippen molar-refractivity contribution in [2.75, 3.05) is 18.1 Å². The highest BCUT2D eigenvalue weighted by molar-refractivity contribution is 7.91. The maximum atomic E-state index is 13.2. The van der Waals surface area contributed by atoms with E-state index in [0.717, 1.165) is 0 Å². The zero-order valence-corrected chi connectivity index (χ0v) is 19.7. The van der Waals surface area contributed by atoms with Crippen molar-refractivity contribution in [1.82, 2.24) is 20.1 Å². The summed E-state index contributed by atoms with van der Waals surface area (Å²) in [5.41, 5.74) is 0.821. The molecule has 1 saturated heterocycles. The molecule has 0 saturated carbocycles. The van der Waals surface area contributed by atoms with Crippen molar-refractivity contribution in [2.45, 2.75) is 45.2 Å². The average molecular weight is 494 g/mol. The SMILES string of the molecule is CCCN(Cc1nnc(-c2ccccc2Cl)o1)C(=O)C1=NN(C2CCS(=O)(=O)C2)C(=O)CC1. The molecule has 2 aromatic rings. The highest BCUT2D eigenvalue weighted by Crippen LogP contribution is 2.27. The number of rotatable bonds is 7. The van der Waals surface area contributed by atoms with Gasteiger partial charge in [0.1, 0.15) is 5.71 Å². The van der Waals surface area contributed by atoms with Gasteiger partial charge in [0.05, 0.1) is 34.7 Å². The Labute approximate surface area is 196 Å². The molecule has 1 aromatic heterocycles. The van der Waals surface area contributed by atoms with E-state index in [2.05, 4.69) is 15.3 Å². The van der Waals surface area contributed by atoms with Crippen molar-refractivity contribution in [2.24, 2.45) is 5.10 Å². The largest absolute Gasteiger partial charge is 0.419 e. The average Bonchev–Trinajstić information content (AvgIpc) is 3.39. The molecular weight excluding hydrogens is 470 g/mol. The van der Waals surface area contributed by atoms with E-state index in [1.807, 2.05) is 13.0 Å². The van der Waals surface area contributed by atoms with Crippen LogP contribution in [0.5, 0.6) is 0 Å². The first-order valence-corrected chi connectivity index (χ1v) is 12.9. The van der Waals surface area contributed by atoms with Gasteiger partial charge in [0, 0.05) is 19.4 Å². The van der Waals surface area contributed by atoms with Gasteiger partial charge >= 0.3 is 0 Å². The summed E-state index contributed by atoms with van der Waals surface area (Å²) in [5, 5.41) is 14.0. The molecule has 176 valence electrons. The molecule has 2 aliphatic rings. The maximum Gasteiger partial charge on any atom is 0.270 e. The Hall–Kier alpha value is -2.79. The number of benzene rings is 1. The van der Waals surface area contributed by atoms with Crippen molar-refractivity contribution in [3.8, 4) is 11.5 Å². The normalized spacial score (nSPS) is 20.1. The fourth-order valence-corrected chi connectivity index (χ4v) is 5.82. The van der Waals surface area contributed by atoms with Gasteiger partial charge in [0.2, 0.25) is 17.7 Å². The summed E-state index contributed by atoms with van der Waals surface area (Å²) in [7, 11) is -3.19. The highest BCUT2D eigenvalue weighted by Gasteiger charge is 2.38. The summed E-state index contributed by atoms with van der Waals surface area (Å²) < 4.78 is 29.4. The van der Waals surface area contributed by atoms with Crippen LogP contribution < -0.4 is 0 Å². The molecule has 12 heteroatoms. The Morgan fingerprint density at radius 1 is 1.27 bits per heavy atom. The summed E-state index contributed by atoms with van der Waals surface area (Å²) in [4.78, 5) is 27.2. The van der Waals surface area contributed by atoms with E-state index in [4.69, 9.17) is 16.0 Å². The van der Waals surface area contributed by atoms with Crippen molar-refractivity contribution in [3.63, 3.8) is 0 Å². The third kappa shape index (κ3) is 5.25. The van der Waals surface area contributed by atoms with E-state index in [1.54, 1.807) is 23.1 Å². The molecule has 0 aliphatic carbocycles. The van der Waals surface area contributed by atoms with Gasteiger partial charge in [-0.3, -0.25) is 9.59 Å². The quantitative estimate of drug-likeness (QED) is 0.579. The van der Waals surface area contributed by atoms with Crippen molar-refractivity contribution < 1.29 is 22.4 Å². The lowest BCUT2D eigenvalue weighted by molar-refractivity contribution is -0.134. The summed E-state index contributed by atoms with van der Waals surface area (Å²) in [6.07, 6.45) is 1.32. The van der Waals surface area contributed by atoms with Crippen LogP contribution in [0.4, 0.5) is 0 Å².